The molecule has 6 heteroatoms. The first-order valence-corrected chi connectivity index (χ1v) is 5.93. The van der Waals surface area contributed by atoms with Crippen LogP contribution in [0.3, 0.4) is 0 Å². The fraction of sp³-hybridized carbons (Fsp3) is 0.385. The van der Waals surface area contributed by atoms with Gasteiger partial charge >= 0.3 is 5.97 Å². The lowest BCUT2D eigenvalue weighted by atomic mass is 9.73. The minimum absolute atomic E-state index is 0.0412. The number of hydrogen-bond donors (Lipinski definition) is 2. The first-order valence-electron chi connectivity index (χ1n) is 5.93. The van der Waals surface area contributed by atoms with Crippen LogP contribution in [0.1, 0.15) is 18.4 Å². The van der Waals surface area contributed by atoms with Crippen LogP contribution in [0.15, 0.2) is 18.2 Å². The van der Waals surface area contributed by atoms with Gasteiger partial charge in [0.2, 0.25) is 5.91 Å². The largest absolute Gasteiger partial charge is 0.481 e. The molecule has 0 aromatic heterocycles. The summed E-state index contributed by atoms with van der Waals surface area (Å²) < 4.78 is 26.2. The molecule has 19 heavy (non-hydrogen) atoms. The van der Waals surface area contributed by atoms with Gasteiger partial charge in [0.25, 0.3) is 0 Å². The zero-order chi connectivity index (χ0) is 14.0. The van der Waals surface area contributed by atoms with E-state index in [2.05, 4.69) is 5.32 Å². The summed E-state index contributed by atoms with van der Waals surface area (Å²) in [6.07, 6.45) is 0.982. The van der Waals surface area contributed by atoms with Crippen molar-refractivity contribution in [3.05, 3.63) is 35.4 Å². The van der Waals surface area contributed by atoms with E-state index in [4.69, 9.17) is 5.11 Å². The molecule has 2 unspecified atom stereocenters. The second-order valence-electron chi connectivity index (χ2n) is 4.58. The van der Waals surface area contributed by atoms with Gasteiger partial charge in [-0.15, -0.1) is 0 Å². The standard InChI is InChI=1S/C13H13F2NO3/c14-8-1-4-11(15)7(5-8)6-16-12(17)9-2-3-10(9)13(18)19/h1,4-5,9-10H,2-3,6H2,(H,16,17)(H,18,19). The maximum atomic E-state index is 13.3. The van der Waals surface area contributed by atoms with Crippen LogP contribution in [-0.4, -0.2) is 17.0 Å². The summed E-state index contributed by atoms with van der Waals surface area (Å²) in [5.41, 5.74) is 0.0412. The highest BCUT2D eigenvalue weighted by Gasteiger charge is 2.41. The molecule has 1 aliphatic carbocycles. The molecule has 1 aromatic rings. The zero-order valence-electron chi connectivity index (χ0n) is 10.0. The van der Waals surface area contributed by atoms with Crippen LogP contribution in [0.25, 0.3) is 0 Å². The fourth-order valence-electron chi connectivity index (χ4n) is 2.10. The summed E-state index contributed by atoms with van der Waals surface area (Å²) in [5, 5.41) is 11.3. The van der Waals surface area contributed by atoms with Gasteiger partial charge in [-0.3, -0.25) is 9.59 Å². The van der Waals surface area contributed by atoms with E-state index in [1.165, 1.54) is 0 Å². The maximum absolute atomic E-state index is 13.3. The molecule has 0 saturated heterocycles. The van der Waals surface area contributed by atoms with Gasteiger partial charge in [-0.25, -0.2) is 8.78 Å². The molecule has 1 fully saturated rings. The van der Waals surface area contributed by atoms with E-state index in [-0.39, 0.29) is 12.1 Å². The summed E-state index contributed by atoms with van der Waals surface area (Å²) in [6.45, 7) is -0.148. The lowest BCUT2D eigenvalue weighted by Gasteiger charge is -2.31. The highest BCUT2D eigenvalue weighted by molar-refractivity contribution is 5.86. The van der Waals surface area contributed by atoms with Crippen LogP contribution in [0.4, 0.5) is 8.78 Å². The van der Waals surface area contributed by atoms with Crippen LogP contribution in [-0.2, 0) is 16.1 Å². The minimum Gasteiger partial charge on any atom is -0.481 e. The Morgan fingerprint density at radius 2 is 1.95 bits per heavy atom. The number of rotatable bonds is 4. The van der Waals surface area contributed by atoms with Crippen LogP contribution in [0.2, 0.25) is 0 Å². The monoisotopic (exact) mass is 269 g/mol. The number of carbonyl (C=O) groups excluding carboxylic acids is 1. The van der Waals surface area contributed by atoms with Crippen LogP contribution in [0.5, 0.6) is 0 Å². The van der Waals surface area contributed by atoms with E-state index in [0.29, 0.717) is 12.8 Å². The number of aliphatic carboxylic acids is 1. The first kappa shape index (κ1) is 13.5. The van der Waals surface area contributed by atoms with Gasteiger partial charge in [-0.1, -0.05) is 0 Å². The Bertz CT molecular complexity index is 519. The molecule has 2 atom stereocenters. The number of carboxylic acid groups (broad SMARTS) is 1. The molecule has 0 aliphatic heterocycles. The molecule has 0 heterocycles. The molecular weight excluding hydrogens is 256 g/mol. The predicted octanol–water partition coefficient (Wildman–Crippen LogP) is 1.69. The van der Waals surface area contributed by atoms with Gasteiger partial charge in [0.15, 0.2) is 0 Å². The topological polar surface area (TPSA) is 66.4 Å². The molecular formula is C13H13F2NO3. The normalized spacial score (nSPS) is 21.6. The Morgan fingerprint density at radius 1 is 1.26 bits per heavy atom. The van der Waals surface area contributed by atoms with Crippen LogP contribution in [0, 0.1) is 23.5 Å². The minimum atomic E-state index is -0.997. The van der Waals surface area contributed by atoms with Gasteiger partial charge in [0.1, 0.15) is 11.6 Å². The van der Waals surface area contributed by atoms with Crippen molar-refractivity contribution in [2.24, 2.45) is 11.8 Å². The van der Waals surface area contributed by atoms with Crippen molar-refractivity contribution in [2.75, 3.05) is 0 Å². The lowest BCUT2D eigenvalue weighted by molar-refractivity contribution is -0.152. The smallest absolute Gasteiger partial charge is 0.307 e. The fourth-order valence-corrected chi connectivity index (χ4v) is 2.10. The van der Waals surface area contributed by atoms with E-state index in [1.807, 2.05) is 0 Å². The molecule has 0 radical (unpaired) electrons. The van der Waals surface area contributed by atoms with Crippen LogP contribution < -0.4 is 5.32 Å². The number of amides is 1. The van der Waals surface area contributed by atoms with Crippen molar-refractivity contribution in [1.82, 2.24) is 5.32 Å². The van der Waals surface area contributed by atoms with E-state index >= 15 is 0 Å². The Morgan fingerprint density at radius 3 is 2.53 bits per heavy atom. The number of carbonyl (C=O) groups is 2. The summed E-state index contributed by atoms with van der Waals surface area (Å²) >= 11 is 0. The summed E-state index contributed by atoms with van der Waals surface area (Å²) in [7, 11) is 0. The van der Waals surface area contributed by atoms with E-state index < -0.39 is 35.3 Å². The molecule has 1 aliphatic rings. The Labute approximate surface area is 108 Å². The molecule has 2 N–H and O–H groups in total. The second kappa shape index (κ2) is 5.34. The van der Waals surface area contributed by atoms with Crippen molar-refractivity contribution < 1.29 is 23.5 Å². The Kier molecular flexibility index (Phi) is 3.78. The molecule has 1 aromatic carbocycles. The Balaban J connectivity index is 1.94. The average molecular weight is 269 g/mol. The SMILES string of the molecule is O=C(O)C1CCC1C(=O)NCc1cc(F)ccc1F. The van der Waals surface area contributed by atoms with Crippen molar-refractivity contribution in [3.8, 4) is 0 Å². The Hall–Kier alpha value is -1.98. The van der Waals surface area contributed by atoms with E-state index in [9.17, 15) is 18.4 Å². The van der Waals surface area contributed by atoms with Crippen molar-refractivity contribution in [1.29, 1.82) is 0 Å². The quantitative estimate of drug-likeness (QED) is 0.874. The second-order valence-corrected chi connectivity index (χ2v) is 4.58. The summed E-state index contributed by atoms with van der Waals surface area (Å²) in [5.74, 6) is -3.86. The highest BCUT2D eigenvalue weighted by Crippen LogP contribution is 2.34. The zero-order valence-corrected chi connectivity index (χ0v) is 10.0. The van der Waals surface area contributed by atoms with Crippen LogP contribution >= 0.6 is 0 Å². The molecule has 0 spiro atoms. The van der Waals surface area contributed by atoms with Gasteiger partial charge in [0, 0.05) is 12.1 Å². The van der Waals surface area contributed by atoms with Gasteiger partial charge < -0.3 is 10.4 Å². The molecule has 4 nitrogen and oxygen atoms in total. The molecule has 1 amide bonds. The third-order valence-corrected chi connectivity index (χ3v) is 3.39. The summed E-state index contributed by atoms with van der Waals surface area (Å²) in [4.78, 5) is 22.5. The lowest BCUT2D eigenvalue weighted by Crippen LogP contribution is -2.43. The molecule has 0 bridgehead atoms. The maximum Gasteiger partial charge on any atom is 0.307 e. The number of carboxylic acids is 1. The van der Waals surface area contributed by atoms with Crippen molar-refractivity contribution in [2.45, 2.75) is 19.4 Å². The van der Waals surface area contributed by atoms with E-state index in [1.54, 1.807) is 0 Å². The number of hydrogen-bond acceptors (Lipinski definition) is 2. The van der Waals surface area contributed by atoms with Crippen molar-refractivity contribution >= 4 is 11.9 Å². The van der Waals surface area contributed by atoms with Crippen molar-refractivity contribution in [3.63, 3.8) is 0 Å². The third-order valence-electron chi connectivity index (χ3n) is 3.39. The van der Waals surface area contributed by atoms with E-state index in [0.717, 1.165) is 18.2 Å². The van der Waals surface area contributed by atoms with Gasteiger partial charge in [-0.2, -0.15) is 0 Å². The number of halogens is 2. The highest BCUT2D eigenvalue weighted by atomic mass is 19.1. The first-order chi connectivity index (χ1) is 8.99. The predicted molar refractivity (Wildman–Crippen MR) is 62.1 cm³/mol. The number of nitrogens with one attached hydrogen (secondary N) is 1. The number of benzene rings is 1. The average Bonchev–Trinajstić information content (AvgIpc) is 2.28. The third kappa shape index (κ3) is 2.89. The van der Waals surface area contributed by atoms with Gasteiger partial charge in [-0.05, 0) is 31.0 Å². The van der Waals surface area contributed by atoms with Gasteiger partial charge in [0.05, 0.1) is 11.8 Å². The molecule has 102 valence electrons. The molecule has 1 saturated carbocycles. The summed E-state index contributed by atoms with van der Waals surface area (Å²) in [6, 6.07) is 2.98. The molecule has 2 rings (SSSR count).